The number of benzene rings is 2. The van der Waals surface area contributed by atoms with E-state index in [0.717, 1.165) is 16.5 Å². The van der Waals surface area contributed by atoms with Gasteiger partial charge in [-0.15, -0.1) is 0 Å². The van der Waals surface area contributed by atoms with Gasteiger partial charge in [-0.3, -0.25) is 9.59 Å². The number of Topliss-reactive ketones (excluding diaryl/α,β-unsaturated/α-hetero) is 2. The van der Waals surface area contributed by atoms with Crippen molar-refractivity contribution in [3.63, 3.8) is 0 Å². The molecule has 0 radical (unpaired) electrons. The lowest BCUT2D eigenvalue weighted by molar-refractivity contribution is -0.119. The fourth-order valence-corrected chi connectivity index (χ4v) is 3.31. The molecule has 3 nitrogen and oxygen atoms in total. The van der Waals surface area contributed by atoms with Crippen LogP contribution in [0.2, 0.25) is 0 Å². The number of aromatic nitrogens is 1. The molecule has 2 aromatic carbocycles. The minimum atomic E-state index is -0.423. The fraction of sp³-hybridized carbons (Fsp3) is 0.100. The number of rotatable bonds is 2. The molecule has 0 saturated carbocycles. The van der Waals surface area contributed by atoms with Crippen LogP contribution in [0, 0.1) is 12.7 Å². The summed E-state index contributed by atoms with van der Waals surface area (Å²) < 4.78 is 13.7. The summed E-state index contributed by atoms with van der Waals surface area (Å²) >= 11 is 0. The molecule has 0 aliphatic heterocycles. The van der Waals surface area contributed by atoms with E-state index >= 15 is 0 Å². The third-order valence-electron chi connectivity index (χ3n) is 4.46. The molecule has 0 amide bonds. The molecule has 4 heteroatoms. The van der Waals surface area contributed by atoms with Crippen LogP contribution in [-0.4, -0.2) is 16.6 Å². The summed E-state index contributed by atoms with van der Waals surface area (Å²) in [6, 6.07) is 11.9. The van der Waals surface area contributed by atoms with E-state index in [4.69, 9.17) is 0 Å². The highest BCUT2D eigenvalue weighted by atomic mass is 19.1. The van der Waals surface area contributed by atoms with E-state index in [1.807, 2.05) is 31.2 Å². The normalized spacial score (nSPS) is 14.9. The van der Waals surface area contributed by atoms with Crippen LogP contribution in [0.15, 0.2) is 48.7 Å². The van der Waals surface area contributed by atoms with E-state index in [1.54, 1.807) is 12.3 Å². The van der Waals surface area contributed by atoms with Gasteiger partial charge in [0.2, 0.25) is 0 Å². The number of nitrogens with one attached hydrogen (secondary N) is 1. The topological polar surface area (TPSA) is 49.9 Å². The molecular formula is C20H14FNO2. The van der Waals surface area contributed by atoms with Gasteiger partial charge in [0.1, 0.15) is 5.82 Å². The molecule has 1 aliphatic carbocycles. The number of hydrogen-bond acceptors (Lipinski definition) is 2. The molecule has 3 aromatic rings. The van der Waals surface area contributed by atoms with Crippen molar-refractivity contribution in [1.82, 2.24) is 4.98 Å². The van der Waals surface area contributed by atoms with Crippen molar-refractivity contribution in [1.29, 1.82) is 0 Å². The molecule has 0 fully saturated rings. The molecule has 1 aromatic heterocycles. The summed E-state index contributed by atoms with van der Waals surface area (Å²) in [5.41, 5.74) is 3.55. The van der Waals surface area contributed by atoms with E-state index in [2.05, 4.69) is 4.98 Å². The smallest absolute Gasteiger partial charge is 0.172 e. The number of para-hydroxylation sites is 1. The summed E-state index contributed by atoms with van der Waals surface area (Å²) in [6.07, 6.45) is 1.57. The highest BCUT2D eigenvalue weighted by molar-refractivity contribution is 6.51. The van der Waals surface area contributed by atoms with Crippen molar-refractivity contribution in [2.45, 2.75) is 13.3 Å². The van der Waals surface area contributed by atoms with Gasteiger partial charge in [0.25, 0.3) is 0 Å². The molecule has 0 bridgehead atoms. The highest BCUT2D eigenvalue weighted by Gasteiger charge is 2.34. The average molecular weight is 319 g/mol. The van der Waals surface area contributed by atoms with Crippen LogP contribution in [0.5, 0.6) is 0 Å². The molecule has 4 rings (SSSR count). The summed E-state index contributed by atoms with van der Waals surface area (Å²) in [4.78, 5) is 28.1. The maximum atomic E-state index is 13.7. The van der Waals surface area contributed by atoms with Crippen molar-refractivity contribution in [3.8, 4) is 0 Å². The second-order valence-electron chi connectivity index (χ2n) is 5.98. The number of allylic oxidation sites excluding steroid dienone is 2. The Labute approximate surface area is 137 Å². The first-order valence-corrected chi connectivity index (χ1v) is 7.70. The summed E-state index contributed by atoms with van der Waals surface area (Å²) in [7, 11) is 0. The predicted octanol–water partition coefficient (Wildman–Crippen LogP) is 4.07. The van der Waals surface area contributed by atoms with Gasteiger partial charge in [-0.05, 0) is 36.2 Å². The summed E-state index contributed by atoms with van der Waals surface area (Å²) in [6.45, 7) is 1.81. The SMILES string of the molecule is Cc1ccc(F)cc1C1=C(c2c[nH]c3ccccc23)C(=O)CC1=O. The number of aromatic amines is 1. The van der Waals surface area contributed by atoms with E-state index in [9.17, 15) is 14.0 Å². The Hall–Kier alpha value is -3.01. The Kier molecular flexibility index (Phi) is 3.20. The summed E-state index contributed by atoms with van der Waals surface area (Å²) in [5, 5.41) is 0.877. The first kappa shape index (κ1) is 14.6. The van der Waals surface area contributed by atoms with Crippen molar-refractivity contribution in [2.24, 2.45) is 0 Å². The zero-order chi connectivity index (χ0) is 16.8. The summed E-state index contributed by atoms with van der Waals surface area (Å²) in [5.74, 6) is -0.897. The number of hydrogen-bond donors (Lipinski definition) is 1. The Morgan fingerprint density at radius 1 is 0.958 bits per heavy atom. The van der Waals surface area contributed by atoms with E-state index in [-0.39, 0.29) is 18.0 Å². The Balaban J connectivity index is 2.05. The van der Waals surface area contributed by atoms with Crippen molar-refractivity contribution < 1.29 is 14.0 Å². The molecule has 24 heavy (non-hydrogen) atoms. The number of aryl methyl sites for hydroxylation is 1. The average Bonchev–Trinajstić information content (AvgIpc) is 3.10. The van der Waals surface area contributed by atoms with Gasteiger partial charge >= 0.3 is 0 Å². The van der Waals surface area contributed by atoms with E-state index in [1.165, 1.54) is 12.1 Å². The number of carbonyl (C=O) groups excluding carboxylic acids is 2. The van der Waals surface area contributed by atoms with Crippen LogP contribution in [0.3, 0.4) is 0 Å². The fourth-order valence-electron chi connectivity index (χ4n) is 3.31. The second kappa shape index (κ2) is 5.27. The van der Waals surface area contributed by atoms with Gasteiger partial charge in [0.05, 0.1) is 6.42 Å². The standard InChI is InChI=1S/C20H14FNO2/c1-11-6-7-12(21)8-14(11)19-17(23)9-18(24)20(19)15-10-22-16-5-3-2-4-13(15)16/h2-8,10,22H,9H2,1H3. The third kappa shape index (κ3) is 2.11. The van der Waals surface area contributed by atoms with Crippen LogP contribution in [0.4, 0.5) is 4.39 Å². The Morgan fingerprint density at radius 3 is 2.46 bits per heavy atom. The van der Waals surface area contributed by atoms with Gasteiger partial charge in [-0.1, -0.05) is 24.3 Å². The van der Waals surface area contributed by atoms with Gasteiger partial charge in [-0.2, -0.15) is 0 Å². The lowest BCUT2D eigenvalue weighted by Gasteiger charge is -2.09. The number of ketones is 2. The van der Waals surface area contributed by atoms with E-state index in [0.29, 0.717) is 22.3 Å². The maximum absolute atomic E-state index is 13.7. The maximum Gasteiger partial charge on any atom is 0.172 e. The minimum Gasteiger partial charge on any atom is -0.361 e. The van der Waals surface area contributed by atoms with Gasteiger partial charge < -0.3 is 4.98 Å². The molecule has 1 heterocycles. The molecule has 1 aliphatic rings. The number of halogens is 1. The van der Waals surface area contributed by atoms with Crippen LogP contribution < -0.4 is 0 Å². The number of carbonyl (C=O) groups is 2. The number of H-pyrrole nitrogens is 1. The van der Waals surface area contributed by atoms with Crippen molar-refractivity contribution >= 4 is 33.6 Å². The largest absolute Gasteiger partial charge is 0.361 e. The lowest BCUT2D eigenvalue weighted by Crippen LogP contribution is -1.99. The van der Waals surface area contributed by atoms with Gasteiger partial charge in [0, 0.05) is 33.8 Å². The first-order chi connectivity index (χ1) is 11.6. The van der Waals surface area contributed by atoms with E-state index < -0.39 is 5.82 Å². The quantitative estimate of drug-likeness (QED) is 0.724. The van der Waals surface area contributed by atoms with Crippen molar-refractivity contribution in [3.05, 3.63) is 71.2 Å². The zero-order valence-electron chi connectivity index (χ0n) is 13.0. The molecule has 118 valence electrons. The van der Waals surface area contributed by atoms with Gasteiger partial charge in [-0.25, -0.2) is 4.39 Å². The molecule has 0 atom stereocenters. The molecule has 0 saturated heterocycles. The highest BCUT2D eigenvalue weighted by Crippen LogP contribution is 2.39. The van der Waals surface area contributed by atoms with Gasteiger partial charge in [0.15, 0.2) is 11.6 Å². The zero-order valence-corrected chi connectivity index (χ0v) is 13.0. The molecule has 0 spiro atoms. The second-order valence-corrected chi connectivity index (χ2v) is 5.98. The minimum absolute atomic E-state index is 0.167. The lowest BCUT2D eigenvalue weighted by atomic mass is 9.93. The first-order valence-electron chi connectivity index (χ1n) is 7.70. The van der Waals surface area contributed by atoms with Crippen molar-refractivity contribution in [2.75, 3.05) is 0 Å². The molecule has 0 unspecified atom stereocenters. The monoisotopic (exact) mass is 319 g/mol. The third-order valence-corrected chi connectivity index (χ3v) is 4.46. The molecule has 1 N–H and O–H groups in total. The van der Waals surface area contributed by atoms with Crippen LogP contribution in [0.25, 0.3) is 22.0 Å². The van der Waals surface area contributed by atoms with Crippen LogP contribution >= 0.6 is 0 Å². The van der Waals surface area contributed by atoms with Crippen LogP contribution in [-0.2, 0) is 9.59 Å². The Morgan fingerprint density at radius 2 is 1.67 bits per heavy atom. The molecular weight excluding hydrogens is 305 g/mol. The predicted molar refractivity (Wildman–Crippen MR) is 90.9 cm³/mol. The van der Waals surface area contributed by atoms with Crippen LogP contribution in [0.1, 0.15) is 23.1 Å². The Bertz CT molecular complexity index is 1040. The number of fused-ring (bicyclic) bond motifs is 1.